The Labute approximate surface area is 577 Å². The van der Waals surface area contributed by atoms with Crippen molar-refractivity contribution in [1.82, 2.24) is 21.3 Å². The molecule has 0 aromatic heterocycles. The number of ether oxygens (including phenoxy) is 1. The van der Waals surface area contributed by atoms with E-state index in [9.17, 15) is 64.3 Å². The maximum Gasteiger partial charge on any atom is 1.00 e. The monoisotopic (exact) mass is 1320 g/mol. The molecule has 2 aromatic rings. The number of amides is 4. The summed E-state index contributed by atoms with van der Waals surface area (Å²) < 4.78 is 68.3. The largest absolute Gasteiger partial charge is 1.00 e. The van der Waals surface area contributed by atoms with Crippen LogP contribution in [0, 0.1) is 0 Å². The van der Waals surface area contributed by atoms with E-state index >= 15 is 0 Å². The van der Waals surface area contributed by atoms with Crippen molar-refractivity contribution in [1.29, 1.82) is 0 Å². The molecule has 27 heteroatoms. The van der Waals surface area contributed by atoms with Crippen LogP contribution >= 0.6 is 0 Å². The molecule has 3 rings (SSSR count). The maximum absolute atomic E-state index is 11.6. The summed E-state index contributed by atoms with van der Waals surface area (Å²) in [5.74, 6) is -3.60. The van der Waals surface area contributed by atoms with Gasteiger partial charge in [-0.05, 0) is 87.1 Å². The Morgan fingerprint density at radius 3 is 1.10 bits per heavy atom. The van der Waals surface area contributed by atoms with E-state index in [4.69, 9.17) is 25.2 Å². The van der Waals surface area contributed by atoms with Gasteiger partial charge in [-0.1, -0.05) is 177 Å². The number of hydrogen-bond acceptors (Lipinski definition) is 16. The number of carbonyl (C=O) groups is 8. The summed E-state index contributed by atoms with van der Waals surface area (Å²) in [6.45, 7) is 8.74. The van der Waals surface area contributed by atoms with Crippen LogP contribution in [0.25, 0.3) is 0 Å². The van der Waals surface area contributed by atoms with E-state index in [0.29, 0.717) is 25.7 Å². The summed E-state index contributed by atoms with van der Waals surface area (Å²) in [5.41, 5.74) is 0. The molecule has 0 atom stereocenters. The molecule has 0 spiro atoms. The molecule has 0 unspecified atom stereocenters. The van der Waals surface area contributed by atoms with Crippen molar-refractivity contribution in [3.05, 3.63) is 48.5 Å². The van der Waals surface area contributed by atoms with Crippen molar-refractivity contribution >= 4 is 67.7 Å². The number of carboxylic acids is 3. The Bertz CT molecular complexity index is 2300. The first-order chi connectivity index (χ1) is 40.3. The molecule has 1 aliphatic rings. The van der Waals surface area contributed by atoms with Gasteiger partial charge in [0.15, 0.2) is 0 Å². The van der Waals surface area contributed by atoms with Gasteiger partial charge in [0, 0.05) is 38.6 Å². The molecule has 8 N–H and O–H groups in total. The summed E-state index contributed by atoms with van der Waals surface area (Å²) in [4.78, 5) is 85.6. The molecule has 23 nitrogen and oxygen atoms in total. The van der Waals surface area contributed by atoms with Crippen molar-refractivity contribution in [3.63, 3.8) is 0 Å². The fourth-order valence-corrected chi connectivity index (χ4v) is 8.34. The second kappa shape index (κ2) is 66.7. The number of phenolic OH excluding ortho intramolecular Hbond substituents is 1. The molecule has 1 heterocycles. The van der Waals surface area contributed by atoms with Crippen LogP contribution in [0.5, 0.6) is 11.5 Å². The summed E-state index contributed by atoms with van der Waals surface area (Å²) in [6.07, 6.45) is 32.7. The fraction of sp³-hybridized carbons (Fsp3) is 0.677. The topological polar surface area (TPSA) is 389 Å². The van der Waals surface area contributed by atoms with Gasteiger partial charge in [0.25, 0.3) is 0 Å². The molecule has 1 saturated heterocycles. The minimum Gasteiger partial charge on any atom is -0.744 e. The van der Waals surface area contributed by atoms with Crippen LogP contribution in [0.1, 0.15) is 248 Å². The molecule has 4 amide bonds. The van der Waals surface area contributed by atoms with Crippen LogP contribution in [-0.4, -0.2) is 120 Å². The smallest absolute Gasteiger partial charge is 0.744 e. The number of phenols is 1. The Morgan fingerprint density at radius 1 is 0.461 bits per heavy atom. The summed E-state index contributed by atoms with van der Waals surface area (Å²) in [7, 11) is -8.91. The van der Waals surface area contributed by atoms with Gasteiger partial charge < -0.3 is 55.5 Å². The maximum atomic E-state index is 11.6. The first-order valence-electron chi connectivity index (χ1n) is 30.1. The number of rotatable bonds is 37. The molecule has 2 aromatic carbocycles. The number of aliphatic carboxylic acids is 3. The molecule has 0 saturated carbocycles. The Morgan fingerprint density at radius 2 is 0.775 bits per heavy atom. The van der Waals surface area contributed by atoms with Crippen LogP contribution in [0.15, 0.2) is 58.3 Å². The van der Waals surface area contributed by atoms with E-state index in [-0.39, 0.29) is 134 Å². The van der Waals surface area contributed by atoms with Gasteiger partial charge in [0.2, 0.25) is 23.6 Å². The first kappa shape index (κ1) is 98.4. The number of esters is 1. The number of carbonyl (C=O) groups excluding carboxylic acids is 5. The predicted molar refractivity (Wildman–Crippen MR) is 335 cm³/mol. The summed E-state index contributed by atoms with van der Waals surface area (Å²) in [6, 6.07) is 8.93. The minimum absolute atomic E-state index is 0. The zero-order valence-electron chi connectivity index (χ0n) is 52.8. The molecular formula is C62H108N4Na2O19S2. The van der Waals surface area contributed by atoms with Gasteiger partial charge in [0.1, 0.15) is 51.4 Å². The Kier molecular flexibility index (Phi) is 73.8. The number of nitrogens with one attached hydrogen (secondary N) is 4. The second-order valence-electron chi connectivity index (χ2n) is 20.1. The van der Waals surface area contributed by atoms with E-state index in [2.05, 4.69) is 49.0 Å². The quantitative estimate of drug-likeness (QED) is 0.0140. The standard InChI is InChI=1S/C17H25NO6S.2C11H21NO3.C9H18O2.C6H11NO.C6H6O4S.2CH4.2Na/c1-2-3-4-5-6-7-8-16(19)18-13-17(20)24-14-9-11-15(12-10-14)25(21,22)23;2*1-2-3-4-5-6-7-8-10(13)12-9-11(14)15;1-2-3-4-5-6-7-8-9(10)11;8-6-4-2-1-3-5-7-6;7-5-1-3-6(4-2-5)11(8,9)10;;;;/h9-12H,2-8,13H2,1H3,(H,18,19)(H,21,22,23);2*2-9H2,1H3,(H,12,13)(H,14,15);2-8H2,1H3,(H,10,11);1-5H2,(H,7,8);1-4,7H,(H,8,9,10);2*1H4;;/q;;;;;;;;2*+1/p-2. The average Bonchev–Trinajstić information content (AvgIpc) is 3.76. The van der Waals surface area contributed by atoms with Crippen LogP contribution < -0.4 is 85.1 Å². The van der Waals surface area contributed by atoms with Crippen LogP contribution in [0.4, 0.5) is 0 Å². The van der Waals surface area contributed by atoms with Gasteiger partial charge in [-0.15, -0.1) is 0 Å². The van der Waals surface area contributed by atoms with Crippen molar-refractivity contribution in [2.45, 2.75) is 258 Å². The number of benzene rings is 2. The third kappa shape index (κ3) is 72.8. The second-order valence-corrected chi connectivity index (χ2v) is 22.9. The fourth-order valence-electron chi connectivity index (χ4n) is 7.40. The number of hydrogen-bond donors (Lipinski definition) is 8. The zero-order chi connectivity index (χ0) is 64.6. The number of aromatic hydroxyl groups is 1. The average molecular weight is 1320 g/mol. The van der Waals surface area contributed by atoms with Crippen molar-refractivity contribution in [2.75, 3.05) is 26.2 Å². The summed E-state index contributed by atoms with van der Waals surface area (Å²) in [5, 5.41) is 43.7. The Hall–Kier alpha value is -4.18. The third-order valence-electron chi connectivity index (χ3n) is 12.2. The Balaban J connectivity index is -0.000000186. The third-order valence-corrected chi connectivity index (χ3v) is 13.9. The number of carboxylic acid groups (broad SMARTS) is 3. The normalized spacial score (nSPS) is 11.1. The first-order valence-corrected chi connectivity index (χ1v) is 32.9. The van der Waals surface area contributed by atoms with E-state index in [1.807, 2.05) is 0 Å². The molecule has 1 aliphatic heterocycles. The van der Waals surface area contributed by atoms with Gasteiger partial charge in [0.05, 0.1) is 9.79 Å². The SMILES string of the molecule is C.C.CCCCCCCCC(=O)NCC(=O)O.CCCCCCCCC(=O)NCC(=O)O.CCCCCCCCC(=O)NCC(=O)Oc1ccc(S(=O)(=O)[O-])cc1.CCCCCCCCC(=O)O.O=C1CCCCCN1.O=S(=O)([O-])c1ccc(O)cc1.[Na+].[Na+]. The van der Waals surface area contributed by atoms with E-state index in [1.54, 1.807) is 0 Å². The molecule has 0 bridgehead atoms. The van der Waals surface area contributed by atoms with Gasteiger partial charge in [-0.2, -0.15) is 0 Å². The molecule has 0 aliphatic carbocycles. The van der Waals surface area contributed by atoms with E-state index in [1.165, 1.54) is 115 Å². The molecular weight excluding hydrogens is 1210 g/mol. The zero-order valence-corrected chi connectivity index (χ0v) is 58.4. The van der Waals surface area contributed by atoms with Gasteiger partial charge >= 0.3 is 83.0 Å². The minimum atomic E-state index is -4.53. The van der Waals surface area contributed by atoms with E-state index in [0.717, 1.165) is 120 Å². The van der Waals surface area contributed by atoms with Crippen molar-refractivity contribution < 1.29 is 149 Å². The predicted octanol–water partition coefficient (Wildman–Crippen LogP) is 5.31. The summed E-state index contributed by atoms with van der Waals surface area (Å²) >= 11 is 0. The van der Waals surface area contributed by atoms with E-state index < -0.39 is 49.0 Å². The molecule has 1 fully saturated rings. The molecule has 89 heavy (non-hydrogen) atoms. The molecule has 0 radical (unpaired) electrons. The van der Waals surface area contributed by atoms with Gasteiger partial charge in [-0.25, -0.2) is 21.6 Å². The van der Waals surface area contributed by atoms with Crippen molar-refractivity contribution in [2.24, 2.45) is 0 Å². The van der Waals surface area contributed by atoms with Gasteiger partial charge in [-0.3, -0.25) is 33.6 Å². The van der Waals surface area contributed by atoms with Crippen molar-refractivity contribution in [3.8, 4) is 11.5 Å². The van der Waals surface area contributed by atoms with Crippen LogP contribution in [-0.2, 0) is 58.6 Å². The van der Waals surface area contributed by atoms with Crippen LogP contribution in [0.3, 0.4) is 0 Å². The van der Waals surface area contributed by atoms with Crippen LogP contribution in [0.2, 0.25) is 0 Å². The molecule has 504 valence electrons. The number of unbranched alkanes of at least 4 members (excludes halogenated alkanes) is 20.